The number of amides is 3. The van der Waals surface area contributed by atoms with E-state index in [1.54, 1.807) is 18.2 Å². The van der Waals surface area contributed by atoms with Crippen LogP contribution in [-0.2, 0) is 26.3 Å². The Morgan fingerprint density at radius 3 is 2.50 bits per heavy atom. The zero-order chi connectivity index (χ0) is 31.4. The second-order valence-corrected chi connectivity index (χ2v) is 11.6. The lowest BCUT2D eigenvalue weighted by atomic mass is 9.83. The average Bonchev–Trinajstić information content (AvgIpc) is 3.54. The van der Waals surface area contributed by atoms with E-state index in [1.807, 2.05) is 6.07 Å². The fraction of sp³-hybridized carbons (Fsp3) is 0.323. The Kier molecular flexibility index (Phi) is 7.32. The monoisotopic (exact) mass is 625 g/mol. The van der Waals surface area contributed by atoms with E-state index in [0.717, 1.165) is 21.9 Å². The first-order chi connectivity index (χ1) is 20.9. The lowest BCUT2D eigenvalue weighted by Crippen LogP contribution is -2.64. The van der Waals surface area contributed by atoms with Crippen molar-refractivity contribution in [3.05, 3.63) is 88.1 Å². The molecule has 3 amide bonds. The molecule has 1 aliphatic heterocycles. The van der Waals surface area contributed by atoms with Crippen LogP contribution >= 0.6 is 11.6 Å². The van der Waals surface area contributed by atoms with Crippen LogP contribution in [0.2, 0.25) is 5.02 Å². The van der Waals surface area contributed by atoms with Gasteiger partial charge in [-0.15, -0.1) is 0 Å². The molecule has 3 aliphatic rings. The van der Waals surface area contributed by atoms with Crippen molar-refractivity contribution in [3.8, 4) is 6.07 Å². The van der Waals surface area contributed by atoms with Crippen molar-refractivity contribution >= 4 is 40.8 Å². The average molecular weight is 626 g/mol. The second-order valence-electron chi connectivity index (χ2n) is 11.2. The number of carbonyl (C=O) groups is 3. The molecule has 1 N–H and O–H groups in total. The summed E-state index contributed by atoms with van der Waals surface area (Å²) in [6.07, 6.45) is 0.0758. The third-order valence-corrected chi connectivity index (χ3v) is 8.78. The van der Waals surface area contributed by atoms with Gasteiger partial charge in [-0.2, -0.15) is 5.26 Å². The number of rotatable bonds is 6. The minimum atomic E-state index is -2.96. The highest BCUT2D eigenvalue weighted by atomic mass is 35.5. The van der Waals surface area contributed by atoms with Gasteiger partial charge in [0.25, 0.3) is 17.7 Å². The number of carbonyl (C=O) groups excluding carboxylic acids is 3. The van der Waals surface area contributed by atoms with E-state index in [1.165, 1.54) is 18.3 Å². The minimum Gasteiger partial charge on any atom is -0.351 e. The molecule has 8 nitrogen and oxygen atoms in total. The van der Waals surface area contributed by atoms with Crippen molar-refractivity contribution in [2.75, 3.05) is 9.80 Å². The summed E-state index contributed by atoms with van der Waals surface area (Å²) < 4.78 is 57.0. The van der Waals surface area contributed by atoms with Crippen LogP contribution in [0, 0.1) is 23.0 Å². The van der Waals surface area contributed by atoms with Crippen molar-refractivity contribution in [1.29, 1.82) is 5.26 Å². The van der Waals surface area contributed by atoms with E-state index >= 15 is 0 Å². The maximum atomic E-state index is 14.8. The fourth-order valence-corrected chi connectivity index (χ4v) is 6.73. The summed E-state index contributed by atoms with van der Waals surface area (Å²) in [5.41, 5.74) is -1.32. The normalized spacial score (nSPS) is 22.2. The molecule has 226 valence electrons. The Hall–Kier alpha value is -4.50. The summed E-state index contributed by atoms with van der Waals surface area (Å²) in [4.78, 5) is 48.5. The highest BCUT2D eigenvalue weighted by Gasteiger charge is 2.57. The van der Waals surface area contributed by atoms with Crippen molar-refractivity contribution in [3.63, 3.8) is 0 Å². The van der Waals surface area contributed by atoms with Gasteiger partial charge >= 0.3 is 0 Å². The molecule has 1 aromatic heterocycles. The zero-order valence-electron chi connectivity index (χ0n) is 23.0. The molecule has 2 heterocycles. The molecular weight excluding hydrogens is 602 g/mol. The Balaban J connectivity index is 1.53. The van der Waals surface area contributed by atoms with Gasteiger partial charge in [-0.3, -0.25) is 24.2 Å². The molecule has 1 saturated heterocycles. The number of anilines is 2. The van der Waals surface area contributed by atoms with E-state index in [0.29, 0.717) is 16.7 Å². The smallest absolute Gasteiger partial charge is 0.252 e. The van der Waals surface area contributed by atoms with Gasteiger partial charge in [0.15, 0.2) is 5.54 Å². The number of aromatic nitrogens is 1. The molecule has 2 aromatic carbocycles. The number of nitrogens with one attached hydrogen (secondary N) is 1. The Bertz CT molecular complexity index is 1720. The molecule has 44 heavy (non-hydrogen) atoms. The molecule has 2 atom stereocenters. The van der Waals surface area contributed by atoms with Crippen LogP contribution in [0.1, 0.15) is 48.8 Å². The molecule has 6 rings (SSSR count). The lowest BCUT2D eigenvalue weighted by molar-refractivity contribution is -0.137. The van der Waals surface area contributed by atoms with Crippen LogP contribution in [-0.4, -0.2) is 40.7 Å². The maximum Gasteiger partial charge on any atom is 0.252 e. The van der Waals surface area contributed by atoms with Gasteiger partial charge in [0.1, 0.15) is 23.5 Å². The van der Waals surface area contributed by atoms with Crippen molar-refractivity contribution in [2.45, 2.75) is 62.1 Å². The van der Waals surface area contributed by atoms with Gasteiger partial charge in [-0.1, -0.05) is 23.7 Å². The third kappa shape index (κ3) is 4.95. The van der Waals surface area contributed by atoms with E-state index in [-0.39, 0.29) is 48.3 Å². The lowest BCUT2D eigenvalue weighted by Gasteiger charge is -2.45. The van der Waals surface area contributed by atoms with Crippen molar-refractivity contribution < 1.29 is 31.9 Å². The molecule has 2 aliphatic carbocycles. The standard InChI is InChI=1S/C31H24ClF4N5O3/c32-24-3-1-2-23-22(24)6-8-31(23,29(44)39-20-14-30(35,36)15-20)41(21-12-18(33)11-19(34)13-21)28(43)25-4-5-27(42)40(25)26-10-17(16-37)7-9-38-26/h1-3,7,9-13,20,25H,4-6,8,14-15H2,(H,39,44)/t25-,31+/m0/s1. The first kappa shape index (κ1) is 29.6. The fourth-order valence-electron chi connectivity index (χ4n) is 6.46. The Morgan fingerprint density at radius 2 is 1.82 bits per heavy atom. The van der Waals surface area contributed by atoms with Crippen molar-refractivity contribution in [1.82, 2.24) is 10.3 Å². The highest BCUT2D eigenvalue weighted by Crippen LogP contribution is 2.48. The van der Waals surface area contributed by atoms with Gasteiger partial charge in [0, 0.05) is 42.6 Å². The van der Waals surface area contributed by atoms with Crippen LogP contribution in [0.5, 0.6) is 0 Å². The summed E-state index contributed by atoms with van der Waals surface area (Å²) in [6, 6.07) is 9.64. The summed E-state index contributed by atoms with van der Waals surface area (Å²) >= 11 is 6.50. The number of hydrogen-bond acceptors (Lipinski definition) is 5. The van der Waals surface area contributed by atoms with Gasteiger partial charge in [-0.05, 0) is 60.7 Å². The quantitative estimate of drug-likeness (QED) is 0.381. The Labute approximate surface area is 254 Å². The van der Waals surface area contributed by atoms with Crippen LogP contribution in [0.15, 0.2) is 54.7 Å². The second kappa shape index (κ2) is 10.9. The first-order valence-electron chi connectivity index (χ1n) is 13.9. The van der Waals surface area contributed by atoms with Crippen LogP contribution in [0.25, 0.3) is 0 Å². The minimum absolute atomic E-state index is 0.0142. The number of hydrogen-bond donors (Lipinski definition) is 1. The molecule has 0 bridgehead atoms. The maximum absolute atomic E-state index is 14.8. The number of benzene rings is 2. The zero-order valence-corrected chi connectivity index (χ0v) is 23.8. The summed E-state index contributed by atoms with van der Waals surface area (Å²) in [7, 11) is 0. The van der Waals surface area contributed by atoms with Crippen LogP contribution in [0.4, 0.5) is 29.1 Å². The number of fused-ring (bicyclic) bond motifs is 1. The molecule has 0 radical (unpaired) electrons. The van der Waals surface area contributed by atoms with Crippen LogP contribution < -0.4 is 15.1 Å². The molecule has 0 unspecified atom stereocenters. The highest BCUT2D eigenvalue weighted by molar-refractivity contribution is 6.31. The van der Waals surface area contributed by atoms with Crippen molar-refractivity contribution in [2.24, 2.45) is 0 Å². The number of nitrogens with zero attached hydrogens (tertiary/aromatic N) is 4. The number of alkyl halides is 2. The number of halogens is 5. The molecule has 0 spiro atoms. The summed E-state index contributed by atoms with van der Waals surface area (Å²) in [5, 5.41) is 12.3. The van der Waals surface area contributed by atoms with Gasteiger partial charge in [-0.25, -0.2) is 22.5 Å². The van der Waals surface area contributed by atoms with Gasteiger partial charge in [0.2, 0.25) is 5.91 Å². The topological polar surface area (TPSA) is 106 Å². The summed E-state index contributed by atoms with van der Waals surface area (Å²) in [5.74, 6) is -7.16. The van der Waals surface area contributed by atoms with E-state index in [9.17, 15) is 37.2 Å². The van der Waals surface area contributed by atoms with E-state index in [4.69, 9.17) is 11.6 Å². The predicted octanol–water partition coefficient (Wildman–Crippen LogP) is 5.17. The molecular formula is C31H24ClF4N5O3. The van der Waals surface area contributed by atoms with E-state index in [2.05, 4.69) is 10.3 Å². The summed E-state index contributed by atoms with van der Waals surface area (Å²) in [6.45, 7) is 0. The largest absolute Gasteiger partial charge is 0.351 e. The molecule has 1 saturated carbocycles. The van der Waals surface area contributed by atoms with Crippen LogP contribution in [0.3, 0.4) is 0 Å². The predicted molar refractivity (Wildman–Crippen MR) is 151 cm³/mol. The number of nitriles is 1. The third-order valence-electron chi connectivity index (χ3n) is 8.43. The molecule has 13 heteroatoms. The molecule has 3 aromatic rings. The molecule has 2 fully saturated rings. The number of pyridine rings is 1. The SMILES string of the molecule is N#Cc1ccnc(N2C(=O)CC[C@H]2C(=O)N(c2cc(F)cc(F)c2)[C@]2(C(=O)NC3CC(F)(F)C3)CCc3c(Cl)cccc32)c1. The van der Waals surface area contributed by atoms with Gasteiger partial charge in [0.05, 0.1) is 17.3 Å². The van der Waals surface area contributed by atoms with Gasteiger partial charge < -0.3 is 5.32 Å². The Morgan fingerprint density at radius 1 is 1.09 bits per heavy atom. The van der Waals surface area contributed by atoms with E-state index < -0.39 is 65.7 Å². The first-order valence-corrected chi connectivity index (χ1v) is 14.3.